The molecular formula is C21H21ClFN3O3S. The fourth-order valence-corrected chi connectivity index (χ4v) is 3.66. The number of halogens is 2. The van der Waals surface area contributed by atoms with Gasteiger partial charge in [-0.3, -0.25) is 10.1 Å². The molecule has 0 radical (unpaired) electrons. The molecule has 158 valence electrons. The average Bonchev–Trinajstić information content (AvgIpc) is 2.69. The third-order valence-electron chi connectivity index (χ3n) is 4.13. The van der Waals surface area contributed by atoms with E-state index in [1.165, 1.54) is 12.1 Å². The number of amidine groups is 1. The Hall–Kier alpha value is -3.10. The maximum Gasteiger partial charge on any atom is 0.261 e. The van der Waals surface area contributed by atoms with Crippen molar-refractivity contribution in [1.29, 1.82) is 5.41 Å². The molecule has 3 rings (SSSR count). The summed E-state index contributed by atoms with van der Waals surface area (Å²) in [6, 6.07) is 18.5. The van der Waals surface area contributed by atoms with Gasteiger partial charge in [-0.2, -0.15) is 0 Å². The first kappa shape index (κ1) is 23.2. The van der Waals surface area contributed by atoms with E-state index in [1.807, 2.05) is 12.1 Å². The maximum absolute atomic E-state index is 13.0. The Labute approximate surface area is 180 Å². The number of nitrogens with two attached hydrogens (primary N) is 1. The van der Waals surface area contributed by atoms with Crippen molar-refractivity contribution in [3.8, 4) is 5.75 Å². The van der Waals surface area contributed by atoms with Crippen molar-refractivity contribution in [2.24, 2.45) is 5.73 Å². The predicted octanol–water partition coefficient (Wildman–Crippen LogP) is 3.95. The van der Waals surface area contributed by atoms with Gasteiger partial charge in [-0.25, -0.2) is 12.8 Å². The highest BCUT2D eigenvalue weighted by Crippen LogP contribution is 2.21. The van der Waals surface area contributed by atoms with Gasteiger partial charge in [-0.1, -0.05) is 30.3 Å². The molecule has 0 aliphatic heterocycles. The minimum atomic E-state index is -3.82. The standard InChI is InChI=1S/C21H20FN3O3S.ClH/c22-17-8-10-20(11-9-17)29(26,27)25-18-2-1-3-19(14-18)28-13-12-15-4-6-16(7-5-15)21(23)24;/h1-11,14,25H,12-13H2,(H3,23,24);1H. The number of nitrogen functional groups attached to an aromatic ring is 1. The van der Waals surface area contributed by atoms with Gasteiger partial charge < -0.3 is 10.5 Å². The summed E-state index contributed by atoms with van der Waals surface area (Å²) >= 11 is 0. The van der Waals surface area contributed by atoms with Crippen LogP contribution in [0, 0.1) is 11.2 Å². The van der Waals surface area contributed by atoms with Gasteiger partial charge in [0.05, 0.1) is 17.2 Å². The van der Waals surface area contributed by atoms with Gasteiger partial charge >= 0.3 is 0 Å². The lowest BCUT2D eigenvalue weighted by atomic mass is 10.1. The SMILES string of the molecule is Cl.N=C(N)c1ccc(CCOc2cccc(NS(=O)(=O)c3ccc(F)cc3)c2)cc1. The number of nitrogens with one attached hydrogen (secondary N) is 2. The van der Waals surface area contributed by atoms with Crippen LogP contribution in [0.4, 0.5) is 10.1 Å². The molecule has 3 aromatic carbocycles. The highest BCUT2D eigenvalue weighted by molar-refractivity contribution is 7.92. The van der Waals surface area contributed by atoms with Crippen molar-refractivity contribution in [2.75, 3.05) is 11.3 Å². The summed E-state index contributed by atoms with van der Waals surface area (Å²) in [5, 5.41) is 7.39. The molecule has 0 bridgehead atoms. The Morgan fingerprint density at radius 2 is 1.70 bits per heavy atom. The first-order valence-corrected chi connectivity index (χ1v) is 10.3. The smallest absolute Gasteiger partial charge is 0.261 e. The molecule has 0 heterocycles. The van der Waals surface area contributed by atoms with Crippen LogP contribution < -0.4 is 15.2 Å². The van der Waals surface area contributed by atoms with Crippen molar-refractivity contribution in [1.82, 2.24) is 0 Å². The van der Waals surface area contributed by atoms with E-state index in [-0.39, 0.29) is 23.1 Å². The summed E-state index contributed by atoms with van der Waals surface area (Å²) < 4.78 is 46.0. The minimum absolute atomic E-state index is 0. The third-order valence-corrected chi connectivity index (χ3v) is 5.53. The Morgan fingerprint density at radius 1 is 1.03 bits per heavy atom. The molecule has 0 atom stereocenters. The molecule has 30 heavy (non-hydrogen) atoms. The zero-order valence-electron chi connectivity index (χ0n) is 15.8. The first-order valence-electron chi connectivity index (χ1n) is 8.78. The number of hydrogen-bond donors (Lipinski definition) is 3. The lowest BCUT2D eigenvalue weighted by Crippen LogP contribution is -2.13. The second kappa shape index (κ2) is 10.1. The van der Waals surface area contributed by atoms with Gasteiger partial charge in [-0.05, 0) is 42.0 Å². The monoisotopic (exact) mass is 449 g/mol. The van der Waals surface area contributed by atoms with Crippen molar-refractivity contribution >= 4 is 34.0 Å². The molecule has 0 aliphatic carbocycles. The molecule has 6 nitrogen and oxygen atoms in total. The third kappa shape index (κ3) is 6.20. The Kier molecular flexibility index (Phi) is 7.79. The summed E-state index contributed by atoms with van der Waals surface area (Å²) in [7, 11) is -3.82. The molecule has 0 unspecified atom stereocenters. The second-order valence-electron chi connectivity index (χ2n) is 6.30. The Bertz CT molecular complexity index is 1110. The Balaban J connectivity index is 0.00000320. The number of hydrogen-bond acceptors (Lipinski definition) is 4. The van der Waals surface area contributed by atoms with E-state index in [1.54, 1.807) is 36.4 Å². The first-order chi connectivity index (χ1) is 13.8. The molecule has 0 saturated carbocycles. The molecule has 3 aromatic rings. The second-order valence-corrected chi connectivity index (χ2v) is 7.98. The molecule has 0 spiro atoms. The number of anilines is 1. The highest BCUT2D eigenvalue weighted by Gasteiger charge is 2.14. The van der Waals surface area contributed by atoms with Crippen LogP contribution in [-0.2, 0) is 16.4 Å². The van der Waals surface area contributed by atoms with Crippen LogP contribution >= 0.6 is 12.4 Å². The van der Waals surface area contributed by atoms with Crippen LogP contribution in [0.5, 0.6) is 5.75 Å². The summed E-state index contributed by atoms with van der Waals surface area (Å²) in [6.45, 7) is 0.396. The molecule has 0 fully saturated rings. The number of ether oxygens (including phenoxy) is 1. The van der Waals surface area contributed by atoms with Crippen LogP contribution in [0.2, 0.25) is 0 Å². The minimum Gasteiger partial charge on any atom is -0.493 e. The van der Waals surface area contributed by atoms with Crippen molar-refractivity contribution in [3.05, 3.63) is 89.7 Å². The molecule has 0 aromatic heterocycles. The van der Waals surface area contributed by atoms with Gasteiger partial charge in [0.2, 0.25) is 0 Å². The molecule has 0 amide bonds. The van der Waals surface area contributed by atoms with E-state index in [0.29, 0.717) is 30.0 Å². The summed E-state index contributed by atoms with van der Waals surface area (Å²) in [5.74, 6) is 0.0349. The Morgan fingerprint density at radius 3 is 2.33 bits per heavy atom. The number of sulfonamides is 1. The van der Waals surface area contributed by atoms with Gasteiger partial charge in [-0.15, -0.1) is 12.4 Å². The lowest BCUT2D eigenvalue weighted by molar-refractivity contribution is 0.322. The largest absolute Gasteiger partial charge is 0.493 e. The van der Waals surface area contributed by atoms with Gasteiger partial charge in [0.15, 0.2) is 0 Å². The number of rotatable bonds is 8. The van der Waals surface area contributed by atoms with E-state index >= 15 is 0 Å². The van der Waals surface area contributed by atoms with E-state index in [4.69, 9.17) is 15.9 Å². The molecule has 9 heteroatoms. The average molecular weight is 450 g/mol. The quantitative estimate of drug-likeness (QED) is 0.357. The zero-order valence-corrected chi connectivity index (χ0v) is 17.5. The van der Waals surface area contributed by atoms with Crippen molar-refractivity contribution in [3.63, 3.8) is 0 Å². The molecule has 4 N–H and O–H groups in total. The highest BCUT2D eigenvalue weighted by atomic mass is 35.5. The molecule has 0 saturated heterocycles. The van der Waals surface area contributed by atoms with Crippen LogP contribution in [0.1, 0.15) is 11.1 Å². The van der Waals surface area contributed by atoms with Gasteiger partial charge in [0.1, 0.15) is 17.4 Å². The molecular weight excluding hydrogens is 429 g/mol. The maximum atomic E-state index is 13.0. The van der Waals surface area contributed by atoms with E-state index in [0.717, 1.165) is 17.7 Å². The van der Waals surface area contributed by atoms with Crippen LogP contribution in [0.25, 0.3) is 0 Å². The summed E-state index contributed by atoms with van der Waals surface area (Å²) in [4.78, 5) is -0.0285. The normalized spacial score (nSPS) is 10.7. The van der Waals surface area contributed by atoms with Crippen molar-refractivity contribution < 1.29 is 17.5 Å². The summed E-state index contributed by atoms with van der Waals surface area (Å²) in [5.41, 5.74) is 7.47. The number of benzene rings is 3. The van der Waals surface area contributed by atoms with Gasteiger partial charge in [0.25, 0.3) is 10.0 Å². The predicted molar refractivity (Wildman–Crippen MR) is 118 cm³/mol. The van der Waals surface area contributed by atoms with E-state index in [9.17, 15) is 12.8 Å². The fraction of sp³-hybridized carbons (Fsp3) is 0.0952. The molecule has 0 aliphatic rings. The zero-order chi connectivity index (χ0) is 20.9. The summed E-state index contributed by atoms with van der Waals surface area (Å²) in [6.07, 6.45) is 0.643. The van der Waals surface area contributed by atoms with E-state index < -0.39 is 15.8 Å². The van der Waals surface area contributed by atoms with Gasteiger partial charge in [0, 0.05) is 18.1 Å². The lowest BCUT2D eigenvalue weighted by Gasteiger charge is -2.11. The fourth-order valence-electron chi connectivity index (χ4n) is 2.61. The van der Waals surface area contributed by atoms with E-state index in [2.05, 4.69) is 4.72 Å². The van der Waals surface area contributed by atoms with Crippen LogP contribution in [0.15, 0.2) is 77.7 Å². The topological polar surface area (TPSA) is 105 Å². The van der Waals surface area contributed by atoms with Crippen LogP contribution in [-0.4, -0.2) is 20.9 Å². The van der Waals surface area contributed by atoms with Crippen molar-refractivity contribution in [2.45, 2.75) is 11.3 Å². The van der Waals surface area contributed by atoms with Crippen LogP contribution in [0.3, 0.4) is 0 Å².